The highest BCUT2D eigenvalue weighted by atomic mass is 16.3. The molecule has 0 saturated carbocycles. The summed E-state index contributed by atoms with van der Waals surface area (Å²) in [5.74, 6) is 0. The maximum atomic E-state index is 6.02. The molecule has 0 aliphatic heterocycles. The number of aromatic nitrogens is 3. The second-order valence-electron chi connectivity index (χ2n) is 10.7. The lowest BCUT2D eigenvalue weighted by molar-refractivity contribution is 0.669. The fraction of sp³-hybridized carbons (Fsp3) is 0. The summed E-state index contributed by atoms with van der Waals surface area (Å²) in [7, 11) is 0. The van der Waals surface area contributed by atoms with Gasteiger partial charge in [0.25, 0.3) is 0 Å². The van der Waals surface area contributed by atoms with E-state index >= 15 is 0 Å². The van der Waals surface area contributed by atoms with E-state index in [2.05, 4.69) is 108 Å². The Hall–Kier alpha value is -5.74. The van der Waals surface area contributed by atoms with E-state index in [9.17, 15) is 0 Å². The Morgan fingerprint density at radius 1 is 0.452 bits per heavy atom. The Labute approximate surface area is 241 Å². The Bertz CT molecular complexity index is 2470. The molecule has 5 aromatic carbocycles. The zero-order valence-corrected chi connectivity index (χ0v) is 22.5. The van der Waals surface area contributed by atoms with Crippen molar-refractivity contribution in [2.75, 3.05) is 0 Å². The third kappa shape index (κ3) is 3.49. The first-order chi connectivity index (χ1) is 20.8. The molecule has 9 aromatic rings. The molecule has 4 nitrogen and oxygen atoms in total. The minimum absolute atomic E-state index is 0.872. The molecule has 0 radical (unpaired) electrons. The van der Waals surface area contributed by atoms with Gasteiger partial charge in [-0.2, -0.15) is 0 Å². The van der Waals surface area contributed by atoms with E-state index in [-0.39, 0.29) is 0 Å². The van der Waals surface area contributed by atoms with Crippen molar-refractivity contribution in [2.45, 2.75) is 0 Å². The molecule has 0 amide bonds. The molecule has 0 saturated heterocycles. The number of nitrogens with zero attached hydrogens (tertiary/aromatic N) is 3. The minimum atomic E-state index is 0.872. The standard InChI is InChI=1S/C38H23N3O/c1-2-12-31-30(11-1)36(40-38-37(31)39-35-14-5-6-21-41(35)38)28-9-7-8-26(22-28)24-15-17-25(18-16-24)27-19-20-34-32(23-27)29-10-3-4-13-33(29)42-34/h1-23H. The highest BCUT2D eigenvalue weighted by Crippen LogP contribution is 2.36. The summed E-state index contributed by atoms with van der Waals surface area (Å²) in [6.45, 7) is 0. The number of furan rings is 1. The quantitative estimate of drug-likeness (QED) is 0.225. The summed E-state index contributed by atoms with van der Waals surface area (Å²) >= 11 is 0. The molecule has 42 heavy (non-hydrogen) atoms. The van der Waals surface area contributed by atoms with Gasteiger partial charge in [-0.25, -0.2) is 9.97 Å². The molecule has 196 valence electrons. The third-order valence-electron chi connectivity index (χ3n) is 8.22. The molecular formula is C38H23N3O. The zero-order valence-electron chi connectivity index (χ0n) is 22.5. The molecule has 4 heterocycles. The summed E-state index contributed by atoms with van der Waals surface area (Å²) in [4.78, 5) is 10.1. The van der Waals surface area contributed by atoms with Gasteiger partial charge in [-0.1, -0.05) is 97.1 Å². The van der Waals surface area contributed by atoms with Crippen LogP contribution in [-0.2, 0) is 0 Å². The lowest BCUT2D eigenvalue weighted by Gasteiger charge is -2.10. The monoisotopic (exact) mass is 537 g/mol. The van der Waals surface area contributed by atoms with Crippen molar-refractivity contribution in [1.29, 1.82) is 0 Å². The van der Waals surface area contributed by atoms with Gasteiger partial charge in [0.15, 0.2) is 5.65 Å². The summed E-state index contributed by atoms with van der Waals surface area (Å²) < 4.78 is 8.09. The molecule has 0 spiro atoms. The summed E-state index contributed by atoms with van der Waals surface area (Å²) in [5.41, 5.74) is 11.2. The zero-order chi connectivity index (χ0) is 27.6. The van der Waals surface area contributed by atoms with E-state index in [4.69, 9.17) is 14.4 Å². The number of fused-ring (bicyclic) bond motifs is 8. The number of rotatable bonds is 3. The molecule has 0 atom stereocenters. The van der Waals surface area contributed by atoms with Crippen LogP contribution in [0.4, 0.5) is 0 Å². The van der Waals surface area contributed by atoms with Crippen LogP contribution in [-0.4, -0.2) is 14.4 Å². The van der Waals surface area contributed by atoms with Gasteiger partial charge in [-0.3, -0.25) is 4.40 Å². The van der Waals surface area contributed by atoms with Crippen LogP contribution in [0.5, 0.6) is 0 Å². The molecule has 0 bridgehead atoms. The smallest absolute Gasteiger partial charge is 0.165 e. The van der Waals surface area contributed by atoms with E-state index < -0.39 is 0 Å². The van der Waals surface area contributed by atoms with Crippen molar-refractivity contribution in [3.8, 4) is 33.5 Å². The Morgan fingerprint density at radius 2 is 1.12 bits per heavy atom. The van der Waals surface area contributed by atoms with Gasteiger partial charge in [0, 0.05) is 33.3 Å². The molecule has 9 rings (SSSR count). The van der Waals surface area contributed by atoms with Crippen molar-refractivity contribution >= 4 is 49.5 Å². The Kier molecular flexibility index (Phi) is 4.87. The SMILES string of the molecule is c1cc(-c2ccc(-c3ccc4oc5ccccc5c4c3)cc2)cc(-c2nc3c(nc4ccccn43)c3ccccc23)c1. The molecule has 0 N–H and O–H groups in total. The Morgan fingerprint density at radius 3 is 1.98 bits per heavy atom. The van der Waals surface area contributed by atoms with Crippen molar-refractivity contribution in [2.24, 2.45) is 0 Å². The number of imidazole rings is 1. The first-order valence-electron chi connectivity index (χ1n) is 14.1. The van der Waals surface area contributed by atoms with Crippen molar-refractivity contribution in [3.05, 3.63) is 140 Å². The highest BCUT2D eigenvalue weighted by Gasteiger charge is 2.15. The molecular weight excluding hydrogens is 514 g/mol. The normalized spacial score (nSPS) is 11.8. The van der Waals surface area contributed by atoms with Crippen LogP contribution >= 0.6 is 0 Å². The molecule has 0 fully saturated rings. The first kappa shape index (κ1) is 23.0. The van der Waals surface area contributed by atoms with Crippen LogP contribution in [0.2, 0.25) is 0 Å². The van der Waals surface area contributed by atoms with E-state index in [1.807, 2.05) is 36.5 Å². The van der Waals surface area contributed by atoms with Crippen molar-refractivity contribution in [1.82, 2.24) is 14.4 Å². The van der Waals surface area contributed by atoms with E-state index in [0.717, 1.165) is 71.9 Å². The van der Waals surface area contributed by atoms with Crippen LogP contribution in [0.25, 0.3) is 83.0 Å². The highest BCUT2D eigenvalue weighted by molar-refractivity contribution is 6.09. The molecule has 0 unspecified atom stereocenters. The maximum Gasteiger partial charge on any atom is 0.165 e. The number of para-hydroxylation sites is 1. The second kappa shape index (κ2) is 8.88. The van der Waals surface area contributed by atoms with Gasteiger partial charge in [0.05, 0.1) is 5.69 Å². The minimum Gasteiger partial charge on any atom is -0.456 e. The molecule has 0 aliphatic rings. The molecule has 4 aromatic heterocycles. The third-order valence-corrected chi connectivity index (χ3v) is 8.22. The molecule has 0 aliphatic carbocycles. The summed E-state index contributed by atoms with van der Waals surface area (Å²) in [6, 6.07) is 46.6. The largest absolute Gasteiger partial charge is 0.456 e. The lowest BCUT2D eigenvalue weighted by Crippen LogP contribution is -1.92. The topological polar surface area (TPSA) is 43.3 Å². The number of benzene rings is 5. The first-order valence-corrected chi connectivity index (χ1v) is 14.1. The fourth-order valence-corrected chi connectivity index (χ4v) is 6.16. The van der Waals surface area contributed by atoms with Gasteiger partial charge in [-0.05, 0) is 58.7 Å². The average molecular weight is 538 g/mol. The van der Waals surface area contributed by atoms with E-state index in [1.165, 1.54) is 11.1 Å². The fourth-order valence-electron chi connectivity index (χ4n) is 6.16. The van der Waals surface area contributed by atoms with E-state index in [0.29, 0.717) is 0 Å². The van der Waals surface area contributed by atoms with Gasteiger partial charge >= 0.3 is 0 Å². The summed E-state index contributed by atoms with van der Waals surface area (Å²) in [6.07, 6.45) is 2.03. The van der Waals surface area contributed by atoms with Crippen molar-refractivity contribution in [3.63, 3.8) is 0 Å². The second-order valence-corrected chi connectivity index (χ2v) is 10.7. The van der Waals surface area contributed by atoms with Gasteiger partial charge < -0.3 is 4.42 Å². The number of hydrogen-bond donors (Lipinski definition) is 0. The maximum absolute atomic E-state index is 6.02. The van der Waals surface area contributed by atoms with Crippen molar-refractivity contribution < 1.29 is 4.42 Å². The van der Waals surface area contributed by atoms with Crippen LogP contribution in [0.15, 0.2) is 144 Å². The predicted molar refractivity (Wildman–Crippen MR) is 172 cm³/mol. The lowest BCUT2D eigenvalue weighted by atomic mass is 9.96. The van der Waals surface area contributed by atoms with Crippen LogP contribution in [0.3, 0.4) is 0 Å². The number of pyridine rings is 2. The predicted octanol–water partition coefficient (Wildman–Crippen LogP) is 9.94. The molecule has 4 heteroatoms. The van der Waals surface area contributed by atoms with Crippen LogP contribution in [0.1, 0.15) is 0 Å². The van der Waals surface area contributed by atoms with Crippen LogP contribution < -0.4 is 0 Å². The number of hydrogen-bond acceptors (Lipinski definition) is 3. The van der Waals surface area contributed by atoms with E-state index in [1.54, 1.807) is 0 Å². The van der Waals surface area contributed by atoms with Gasteiger partial charge in [0.2, 0.25) is 0 Å². The Balaban J connectivity index is 1.13. The van der Waals surface area contributed by atoms with Gasteiger partial charge in [-0.15, -0.1) is 0 Å². The van der Waals surface area contributed by atoms with Gasteiger partial charge in [0.1, 0.15) is 22.3 Å². The van der Waals surface area contributed by atoms with Crippen LogP contribution in [0, 0.1) is 0 Å². The summed E-state index contributed by atoms with van der Waals surface area (Å²) in [5, 5.41) is 4.50. The average Bonchev–Trinajstić information content (AvgIpc) is 3.63.